The first-order valence-corrected chi connectivity index (χ1v) is 12.5. The quantitative estimate of drug-likeness (QED) is 0.305. The average molecular weight is 553 g/mol. The van der Waals surface area contributed by atoms with Crippen LogP contribution in [0.5, 0.6) is 0 Å². The molecule has 3 atom stereocenters. The molecule has 1 amide bonds. The highest BCUT2D eigenvalue weighted by atomic mass is 19.4. The zero-order chi connectivity index (χ0) is 29.1. The van der Waals surface area contributed by atoms with Crippen LogP contribution in [-0.2, 0) is 4.79 Å². The number of carbonyl (C=O) groups excluding carboxylic acids is 1. The monoisotopic (exact) mass is 552 g/mol. The van der Waals surface area contributed by atoms with Crippen molar-refractivity contribution in [1.29, 1.82) is 0 Å². The maximum Gasteiger partial charge on any atom is 0.417 e. The number of halogens is 5. The standard InChI is InChI=1S/C27H33F5N6O/c1-15-9-19(27(30,31)32)11-35-24(18(15)4)36-13-22-16(2)10-26(28,29)14-38(22)25(39)23(33)20(12-34-5)21-8-6-7-17(3)37-21/h6-9,11-12,15-16,22,36H,10,13-14,33H2,1-5H3. The van der Waals surface area contributed by atoms with Crippen LogP contribution in [0.1, 0.15) is 38.6 Å². The minimum atomic E-state index is -4.56. The molecule has 3 heterocycles. The van der Waals surface area contributed by atoms with Crippen molar-refractivity contribution in [1.82, 2.24) is 15.2 Å². The molecule has 1 fully saturated rings. The van der Waals surface area contributed by atoms with Crippen LogP contribution in [-0.4, -0.2) is 66.5 Å². The van der Waals surface area contributed by atoms with Gasteiger partial charge in [0.05, 0.1) is 23.9 Å². The second kappa shape index (κ2) is 11.7. The molecule has 1 aromatic heterocycles. The van der Waals surface area contributed by atoms with Gasteiger partial charge in [0.2, 0.25) is 0 Å². The van der Waals surface area contributed by atoms with Crippen molar-refractivity contribution in [2.24, 2.45) is 27.6 Å². The summed E-state index contributed by atoms with van der Waals surface area (Å²) < 4.78 is 69.2. The summed E-state index contributed by atoms with van der Waals surface area (Å²) in [5.41, 5.74) is 6.88. The summed E-state index contributed by atoms with van der Waals surface area (Å²) in [5, 5.41) is 3.01. The van der Waals surface area contributed by atoms with Gasteiger partial charge in [-0.1, -0.05) is 26.0 Å². The van der Waals surface area contributed by atoms with E-state index in [1.165, 1.54) is 13.3 Å². The van der Waals surface area contributed by atoms with Gasteiger partial charge in [-0.2, -0.15) is 13.2 Å². The maximum atomic E-state index is 14.7. The number of nitrogens with one attached hydrogen (secondary N) is 1. The Kier molecular flexibility index (Phi) is 8.97. The number of hydrogen-bond acceptors (Lipinski definition) is 6. The number of likely N-dealkylation sites (tertiary alicyclic amines) is 1. The normalized spacial score (nSPS) is 24.4. The van der Waals surface area contributed by atoms with Crippen molar-refractivity contribution < 1.29 is 26.7 Å². The number of rotatable bonds is 6. The third-order valence-corrected chi connectivity index (χ3v) is 6.91. The molecule has 0 spiro atoms. The van der Waals surface area contributed by atoms with Crippen molar-refractivity contribution in [3.05, 3.63) is 58.3 Å². The minimum absolute atomic E-state index is 0.0196. The van der Waals surface area contributed by atoms with Gasteiger partial charge in [-0.25, -0.2) is 13.8 Å². The number of piperidine rings is 1. The van der Waals surface area contributed by atoms with E-state index in [1.807, 2.05) is 0 Å². The number of aryl methyl sites for hydroxylation is 1. The number of aromatic nitrogens is 1. The van der Waals surface area contributed by atoms with E-state index in [9.17, 15) is 26.7 Å². The summed E-state index contributed by atoms with van der Waals surface area (Å²) in [5.74, 6) is -5.00. The minimum Gasteiger partial charge on any atom is -0.394 e. The number of nitrogens with zero attached hydrogens (tertiary/aromatic N) is 4. The van der Waals surface area contributed by atoms with Gasteiger partial charge in [-0.15, -0.1) is 0 Å². The predicted octanol–water partition coefficient (Wildman–Crippen LogP) is 4.66. The molecular formula is C27H33F5N6O. The summed E-state index contributed by atoms with van der Waals surface area (Å²) in [7, 11) is 1.49. The summed E-state index contributed by atoms with van der Waals surface area (Å²) in [6.45, 7) is 5.73. The fourth-order valence-corrected chi connectivity index (χ4v) is 4.69. The van der Waals surface area contributed by atoms with Crippen molar-refractivity contribution in [2.45, 2.75) is 52.3 Å². The Balaban J connectivity index is 1.94. The first-order valence-electron chi connectivity index (χ1n) is 12.5. The fraction of sp³-hybridized carbons (Fsp3) is 0.481. The first-order chi connectivity index (χ1) is 18.1. The van der Waals surface area contributed by atoms with Gasteiger partial charge in [0.1, 0.15) is 11.5 Å². The Morgan fingerprint density at radius 3 is 2.59 bits per heavy atom. The highest BCUT2D eigenvalue weighted by molar-refractivity contribution is 6.18. The molecular weight excluding hydrogens is 519 g/mol. The van der Waals surface area contributed by atoms with Crippen molar-refractivity contribution in [3.63, 3.8) is 0 Å². The van der Waals surface area contributed by atoms with E-state index in [2.05, 4.69) is 20.3 Å². The maximum absolute atomic E-state index is 14.7. The number of allylic oxidation sites excluding steroid dienone is 4. The van der Waals surface area contributed by atoms with Gasteiger partial charge in [0.15, 0.2) is 0 Å². The molecule has 39 heavy (non-hydrogen) atoms. The molecule has 7 nitrogen and oxygen atoms in total. The van der Waals surface area contributed by atoms with E-state index in [0.29, 0.717) is 17.0 Å². The Morgan fingerprint density at radius 2 is 1.97 bits per heavy atom. The Bertz CT molecular complexity index is 1250. The van der Waals surface area contributed by atoms with E-state index in [-0.39, 0.29) is 23.6 Å². The Morgan fingerprint density at radius 1 is 1.28 bits per heavy atom. The lowest BCUT2D eigenvalue weighted by Gasteiger charge is -2.43. The summed E-state index contributed by atoms with van der Waals surface area (Å²) >= 11 is 0. The van der Waals surface area contributed by atoms with Crippen LogP contribution >= 0.6 is 0 Å². The molecule has 212 valence electrons. The van der Waals surface area contributed by atoms with Crippen LogP contribution in [0.15, 0.2) is 56.9 Å². The molecule has 0 bridgehead atoms. The number of nitrogens with two attached hydrogens (primary N) is 1. The molecule has 0 saturated carbocycles. The van der Waals surface area contributed by atoms with Crippen molar-refractivity contribution >= 4 is 23.9 Å². The van der Waals surface area contributed by atoms with Gasteiger partial charge >= 0.3 is 6.18 Å². The van der Waals surface area contributed by atoms with Crippen LogP contribution in [0.25, 0.3) is 5.57 Å². The summed E-state index contributed by atoms with van der Waals surface area (Å²) in [4.78, 5) is 27.0. The molecule has 3 rings (SSSR count). The molecule has 3 N–H and O–H groups in total. The predicted molar refractivity (Wildman–Crippen MR) is 141 cm³/mol. The van der Waals surface area contributed by atoms with Gasteiger partial charge in [-0.05, 0) is 43.4 Å². The fourth-order valence-electron chi connectivity index (χ4n) is 4.69. The largest absolute Gasteiger partial charge is 0.417 e. The number of pyridine rings is 1. The van der Waals surface area contributed by atoms with E-state index >= 15 is 0 Å². The van der Waals surface area contributed by atoms with E-state index in [4.69, 9.17) is 5.73 Å². The summed E-state index contributed by atoms with van der Waals surface area (Å²) in [6, 6.07) is 4.38. The highest BCUT2D eigenvalue weighted by Crippen LogP contribution is 2.35. The highest BCUT2D eigenvalue weighted by Gasteiger charge is 2.46. The van der Waals surface area contributed by atoms with Crippen molar-refractivity contribution in [2.75, 3.05) is 20.1 Å². The van der Waals surface area contributed by atoms with E-state index < -0.39 is 54.4 Å². The second-order valence-electron chi connectivity index (χ2n) is 10.00. The third kappa shape index (κ3) is 7.10. The zero-order valence-electron chi connectivity index (χ0n) is 22.5. The molecule has 0 radical (unpaired) electrons. The second-order valence-corrected chi connectivity index (χ2v) is 10.00. The molecule has 1 saturated heterocycles. The number of alkyl halides is 5. The van der Waals surface area contributed by atoms with Crippen LogP contribution < -0.4 is 11.1 Å². The number of aliphatic imine (C=N–C) groups is 2. The Hall–Kier alpha value is -3.57. The topological polar surface area (TPSA) is 96.0 Å². The lowest BCUT2D eigenvalue weighted by Crippen LogP contribution is -2.59. The molecule has 3 unspecified atom stereocenters. The number of hydrogen-bond donors (Lipinski definition) is 2. The smallest absolute Gasteiger partial charge is 0.394 e. The Labute approximate surface area is 224 Å². The molecule has 2 aliphatic rings. The van der Waals surface area contributed by atoms with Gasteiger partial charge < -0.3 is 16.0 Å². The van der Waals surface area contributed by atoms with Crippen LogP contribution in [0.2, 0.25) is 0 Å². The molecule has 0 aromatic carbocycles. The lowest BCUT2D eigenvalue weighted by atomic mass is 9.88. The summed E-state index contributed by atoms with van der Waals surface area (Å²) in [6.07, 6.45) is -1.85. The molecule has 2 aliphatic heterocycles. The molecule has 1 aromatic rings. The SMILES string of the molecule is CN=CC(=C(N)C(=O)N1CC(F)(F)CC(C)C1CNC1=C(C)C(C)C=C(C(F)(F)F)C=N1)c1cccc(C)n1. The molecule has 12 heteroatoms. The van der Waals surface area contributed by atoms with Gasteiger partial charge in [0, 0.05) is 43.7 Å². The van der Waals surface area contributed by atoms with Crippen LogP contribution in [0, 0.1) is 18.8 Å². The van der Waals surface area contributed by atoms with Gasteiger partial charge in [-0.3, -0.25) is 14.8 Å². The number of carbonyl (C=O) groups is 1. The average Bonchev–Trinajstić information content (AvgIpc) is 2.98. The van der Waals surface area contributed by atoms with Crippen LogP contribution in [0.3, 0.4) is 0 Å². The van der Waals surface area contributed by atoms with Gasteiger partial charge in [0.25, 0.3) is 11.8 Å². The lowest BCUT2D eigenvalue weighted by molar-refractivity contribution is -0.148. The van der Waals surface area contributed by atoms with Crippen molar-refractivity contribution in [3.8, 4) is 0 Å². The molecule has 0 aliphatic carbocycles. The number of amides is 1. The first kappa shape index (κ1) is 30.0. The zero-order valence-corrected chi connectivity index (χ0v) is 22.5. The third-order valence-electron chi connectivity index (χ3n) is 6.91. The van der Waals surface area contributed by atoms with Crippen LogP contribution in [0.4, 0.5) is 22.0 Å². The van der Waals surface area contributed by atoms with E-state index in [1.54, 1.807) is 45.9 Å². The van der Waals surface area contributed by atoms with E-state index in [0.717, 1.165) is 17.2 Å².